The minimum Gasteiger partial charge on any atom is -0.480 e. The van der Waals surface area contributed by atoms with Gasteiger partial charge in [0.2, 0.25) is 11.8 Å². The van der Waals surface area contributed by atoms with Gasteiger partial charge in [-0.05, 0) is 18.9 Å². The van der Waals surface area contributed by atoms with Crippen LogP contribution < -0.4 is 16.4 Å². The van der Waals surface area contributed by atoms with Crippen molar-refractivity contribution in [2.24, 2.45) is 5.73 Å². The molecular weight excluding hydrogens is 238 g/mol. The molecule has 1 atom stereocenters. The number of hydrogen-bond donors (Lipinski definition) is 4. The van der Waals surface area contributed by atoms with Crippen LogP contribution in [0.25, 0.3) is 0 Å². The smallest absolute Gasteiger partial charge is 0.326 e. The maximum absolute atomic E-state index is 11.8. The molecule has 5 N–H and O–H groups in total. The Labute approximate surface area is 104 Å². The van der Waals surface area contributed by atoms with E-state index in [4.69, 9.17) is 10.8 Å². The maximum Gasteiger partial charge on any atom is 0.326 e. The number of carboxylic acid groups (broad SMARTS) is 1. The van der Waals surface area contributed by atoms with Crippen LogP contribution >= 0.6 is 0 Å². The van der Waals surface area contributed by atoms with Gasteiger partial charge in [0.05, 0.1) is 0 Å². The van der Waals surface area contributed by atoms with Gasteiger partial charge in [-0.25, -0.2) is 4.79 Å². The zero-order chi connectivity index (χ0) is 13.7. The van der Waals surface area contributed by atoms with Crippen LogP contribution in [0.4, 0.5) is 0 Å². The molecule has 0 bridgehead atoms. The quantitative estimate of drug-likeness (QED) is 0.441. The van der Waals surface area contributed by atoms with E-state index >= 15 is 0 Å². The summed E-state index contributed by atoms with van der Waals surface area (Å²) in [7, 11) is 0. The normalized spacial score (nSPS) is 15.5. The lowest BCUT2D eigenvalue weighted by Crippen LogP contribution is -2.44. The molecule has 0 aromatic carbocycles. The van der Waals surface area contributed by atoms with E-state index in [9.17, 15) is 14.4 Å². The van der Waals surface area contributed by atoms with Gasteiger partial charge in [0.15, 0.2) is 0 Å². The van der Waals surface area contributed by atoms with E-state index in [1.807, 2.05) is 0 Å². The van der Waals surface area contributed by atoms with Gasteiger partial charge in [-0.2, -0.15) is 0 Å². The van der Waals surface area contributed by atoms with E-state index in [1.165, 1.54) is 0 Å². The fourth-order valence-corrected chi connectivity index (χ4v) is 1.49. The molecule has 1 fully saturated rings. The first-order valence-corrected chi connectivity index (χ1v) is 5.63. The number of nitrogens with one attached hydrogen (secondary N) is 2. The molecule has 7 heteroatoms. The Balaban J connectivity index is 2.57. The summed E-state index contributed by atoms with van der Waals surface area (Å²) in [6, 6.07) is -1.09. The zero-order valence-corrected chi connectivity index (χ0v) is 10.2. The van der Waals surface area contributed by atoms with Gasteiger partial charge in [-0.3, -0.25) is 9.59 Å². The Kier molecular flexibility index (Phi) is 4.85. The largest absolute Gasteiger partial charge is 0.480 e. The lowest BCUT2D eigenvalue weighted by molar-refractivity contribution is -0.141. The van der Waals surface area contributed by atoms with Crippen molar-refractivity contribution in [2.45, 2.75) is 25.8 Å². The van der Waals surface area contributed by atoms with Gasteiger partial charge < -0.3 is 21.5 Å². The molecule has 100 valence electrons. The van der Waals surface area contributed by atoms with E-state index < -0.39 is 23.8 Å². The molecule has 0 aromatic rings. The third-order valence-corrected chi connectivity index (χ3v) is 2.83. The molecule has 1 aliphatic heterocycles. The molecule has 1 rings (SSSR count). The molecule has 18 heavy (non-hydrogen) atoms. The van der Waals surface area contributed by atoms with Crippen LogP contribution in [0, 0.1) is 0 Å². The maximum atomic E-state index is 11.8. The van der Waals surface area contributed by atoms with E-state index in [0.717, 1.165) is 5.57 Å². The predicted molar refractivity (Wildman–Crippen MR) is 63.6 cm³/mol. The minimum atomic E-state index is -1.17. The molecule has 0 unspecified atom stereocenters. The molecule has 7 nitrogen and oxygen atoms in total. The number of nitrogens with two attached hydrogens (primary N) is 1. The van der Waals surface area contributed by atoms with Crippen LogP contribution in [0.1, 0.15) is 19.8 Å². The van der Waals surface area contributed by atoms with E-state index in [0.29, 0.717) is 18.7 Å². The predicted octanol–water partition coefficient (Wildman–Crippen LogP) is -1.26. The molecular formula is C11H17N3O4. The van der Waals surface area contributed by atoms with Gasteiger partial charge in [0.25, 0.3) is 0 Å². The van der Waals surface area contributed by atoms with Gasteiger partial charge in [-0.15, -0.1) is 0 Å². The Bertz CT molecular complexity index is 397. The average molecular weight is 255 g/mol. The third kappa shape index (κ3) is 3.85. The fraction of sp³-hybridized carbons (Fsp3) is 0.545. The van der Waals surface area contributed by atoms with Crippen molar-refractivity contribution in [1.82, 2.24) is 10.6 Å². The average Bonchev–Trinajstić information content (AvgIpc) is 2.20. The molecule has 0 aliphatic carbocycles. The van der Waals surface area contributed by atoms with E-state index in [-0.39, 0.29) is 12.8 Å². The summed E-state index contributed by atoms with van der Waals surface area (Å²) in [5.41, 5.74) is 6.44. The molecule has 0 saturated carbocycles. The van der Waals surface area contributed by atoms with Crippen LogP contribution in [0.2, 0.25) is 0 Å². The number of primary amides is 1. The van der Waals surface area contributed by atoms with Crippen LogP contribution in [-0.4, -0.2) is 42.0 Å². The number of aliphatic carboxylic acids is 1. The highest BCUT2D eigenvalue weighted by molar-refractivity contribution is 5.96. The van der Waals surface area contributed by atoms with Gasteiger partial charge in [0.1, 0.15) is 6.04 Å². The molecule has 1 aliphatic rings. The molecule has 0 spiro atoms. The second kappa shape index (κ2) is 6.15. The Morgan fingerprint density at radius 3 is 2.44 bits per heavy atom. The highest BCUT2D eigenvalue weighted by Crippen LogP contribution is 2.09. The van der Waals surface area contributed by atoms with Gasteiger partial charge >= 0.3 is 5.97 Å². The van der Waals surface area contributed by atoms with Crippen molar-refractivity contribution in [3.63, 3.8) is 0 Å². The van der Waals surface area contributed by atoms with Crippen molar-refractivity contribution < 1.29 is 19.5 Å². The number of rotatable bonds is 6. The fourth-order valence-electron chi connectivity index (χ4n) is 1.49. The SMILES string of the molecule is CC(C(=O)N[C@@H](CCC(N)=O)C(=O)O)=C1CNC1. The Morgan fingerprint density at radius 1 is 1.44 bits per heavy atom. The molecule has 0 aromatic heterocycles. The lowest BCUT2D eigenvalue weighted by Gasteiger charge is -2.22. The monoisotopic (exact) mass is 255 g/mol. The summed E-state index contributed by atoms with van der Waals surface area (Å²) in [6.45, 7) is 2.95. The molecule has 0 radical (unpaired) electrons. The van der Waals surface area contributed by atoms with Crippen LogP contribution in [0.3, 0.4) is 0 Å². The first-order valence-electron chi connectivity index (χ1n) is 5.63. The molecule has 2 amide bonds. The second-order valence-electron chi connectivity index (χ2n) is 4.20. The van der Waals surface area contributed by atoms with Crippen molar-refractivity contribution in [1.29, 1.82) is 0 Å². The van der Waals surface area contributed by atoms with Crippen molar-refractivity contribution in [3.8, 4) is 0 Å². The molecule has 1 heterocycles. The first-order chi connectivity index (χ1) is 8.41. The highest BCUT2D eigenvalue weighted by atomic mass is 16.4. The number of carbonyl (C=O) groups is 3. The zero-order valence-electron chi connectivity index (χ0n) is 10.2. The summed E-state index contributed by atoms with van der Waals surface area (Å²) in [4.78, 5) is 33.3. The third-order valence-electron chi connectivity index (χ3n) is 2.83. The van der Waals surface area contributed by atoms with Crippen LogP contribution in [0.5, 0.6) is 0 Å². The standard InChI is InChI=1S/C11H17N3O4/c1-6(7-4-13-5-7)10(16)14-8(11(17)18)2-3-9(12)15/h8,13H,2-5H2,1H3,(H2,12,15)(H,14,16)(H,17,18)/t8-/m0/s1. The summed E-state index contributed by atoms with van der Waals surface area (Å²) >= 11 is 0. The number of amides is 2. The van der Waals surface area contributed by atoms with Crippen molar-refractivity contribution in [2.75, 3.05) is 13.1 Å². The number of carboxylic acids is 1. The topological polar surface area (TPSA) is 122 Å². The number of carbonyl (C=O) groups excluding carboxylic acids is 2. The van der Waals surface area contributed by atoms with Crippen LogP contribution in [-0.2, 0) is 14.4 Å². The van der Waals surface area contributed by atoms with Crippen molar-refractivity contribution >= 4 is 17.8 Å². The summed E-state index contributed by atoms with van der Waals surface area (Å²) in [5.74, 6) is -2.17. The Morgan fingerprint density at radius 2 is 2.06 bits per heavy atom. The Hall–Kier alpha value is -1.89. The first kappa shape index (κ1) is 14.2. The number of hydrogen-bond acceptors (Lipinski definition) is 4. The van der Waals surface area contributed by atoms with E-state index in [1.54, 1.807) is 6.92 Å². The molecule has 1 saturated heterocycles. The van der Waals surface area contributed by atoms with E-state index in [2.05, 4.69) is 10.6 Å². The second-order valence-corrected chi connectivity index (χ2v) is 4.20. The van der Waals surface area contributed by atoms with Crippen LogP contribution in [0.15, 0.2) is 11.1 Å². The summed E-state index contributed by atoms with van der Waals surface area (Å²) in [5, 5.41) is 14.3. The van der Waals surface area contributed by atoms with Gasteiger partial charge in [0, 0.05) is 25.1 Å². The summed E-state index contributed by atoms with van der Waals surface area (Å²) < 4.78 is 0. The van der Waals surface area contributed by atoms with Crippen molar-refractivity contribution in [3.05, 3.63) is 11.1 Å². The van der Waals surface area contributed by atoms with Gasteiger partial charge in [-0.1, -0.05) is 0 Å². The highest BCUT2D eigenvalue weighted by Gasteiger charge is 2.23. The summed E-state index contributed by atoms with van der Waals surface area (Å²) in [6.07, 6.45) is -0.0777. The minimum absolute atomic E-state index is 0.00271. The lowest BCUT2D eigenvalue weighted by atomic mass is 10.0.